The smallest absolute Gasteiger partial charge is 0.171 e. The highest BCUT2D eigenvalue weighted by molar-refractivity contribution is 6.30. The van der Waals surface area contributed by atoms with Gasteiger partial charge in [0.25, 0.3) is 0 Å². The normalized spacial score (nSPS) is 12.0. The number of benzene rings is 2. The molecule has 0 radical (unpaired) electrons. The highest BCUT2D eigenvalue weighted by Crippen LogP contribution is 2.29. The Bertz CT molecular complexity index is 629. The Balaban J connectivity index is 2.21. The maximum atomic E-state index is 14.0. The van der Waals surface area contributed by atoms with Crippen LogP contribution in [0, 0.1) is 5.82 Å². The average molecular weight is 311 g/mol. The van der Waals surface area contributed by atoms with Crippen LogP contribution in [0.5, 0.6) is 11.5 Å². The summed E-state index contributed by atoms with van der Waals surface area (Å²) in [6.07, 6.45) is -0.728. The van der Waals surface area contributed by atoms with E-state index in [1.54, 1.807) is 43.3 Å². The fourth-order valence-electron chi connectivity index (χ4n) is 1.96. The molecule has 0 aliphatic rings. The molecule has 0 aromatic heterocycles. The molecule has 112 valence electrons. The van der Waals surface area contributed by atoms with Gasteiger partial charge >= 0.3 is 0 Å². The SMILES string of the molecule is COc1cccc(COc2ccc(Cl)cc2[C@@H](C)O)c1F. The monoisotopic (exact) mass is 310 g/mol. The van der Waals surface area contributed by atoms with Crippen molar-refractivity contribution in [1.82, 2.24) is 0 Å². The average Bonchev–Trinajstić information content (AvgIpc) is 2.47. The van der Waals surface area contributed by atoms with Crippen molar-refractivity contribution in [2.24, 2.45) is 0 Å². The lowest BCUT2D eigenvalue weighted by Gasteiger charge is -2.14. The van der Waals surface area contributed by atoms with E-state index in [0.29, 0.717) is 21.9 Å². The molecular weight excluding hydrogens is 295 g/mol. The molecule has 0 heterocycles. The Labute approximate surface area is 127 Å². The minimum Gasteiger partial charge on any atom is -0.494 e. The van der Waals surface area contributed by atoms with Gasteiger partial charge in [-0.3, -0.25) is 0 Å². The molecule has 2 rings (SSSR count). The summed E-state index contributed by atoms with van der Waals surface area (Å²) in [6.45, 7) is 1.65. The van der Waals surface area contributed by atoms with Crippen LogP contribution in [-0.4, -0.2) is 12.2 Å². The summed E-state index contributed by atoms with van der Waals surface area (Å²) < 4.78 is 24.6. The molecule has 0 saturated carbocycles. The maximum absolute atomic E-state index is 14.0. The first-order valence-corrected chi connectivity index (χ1v) is 6.82. The lowest BCUT2D eigenvalue weighted by atomic mass is 10.1. The van der Waals surface area contributed by atoms with E-state index < -0.39 is 11.9 Å². The summed E-state index contributed by atoms with van der Waals surface area (Å²) in [5, 5.41) is 10.2. The minimum absolute atomic E-state index is 0.0321. The van der Waals surface area contributed by atoms with Crippen molar-refractivity contribution in [3.63, 3.8) is 0 Å². The number of hydrogen-bond acceptors (Lipinski definition) is 3. The van der Waals surface area contributed by atoms with E-state index in [4.69, 9.17) is 21.1 Å². The zero-order valence-corrected chi connectivity index (χ0v) is 12.5. The molecule has 3 nitrogen and oxygen atoms in total. The lowest BCUT2D eigenvalue weighted by Crippen LogP contribution is -2.03. The van der Waals surface area contributed by atoms with E-state index in [1.165, 1.54) is 7.11 Å². The zero-order valence-electron chi connectivity index (χ0n) is 11.8. The molecule has 0 bridgehead atoms. The molecule has 0 spiro atoms. The van der Waals surface area contributed by atoms with Crippen molar-refractivity contribution < 1.29 is 19.0 Å². The summed E-state index contributed by atoms with van der Waals surface area (Å²) >= 11 is 5.90. The van der Waals surface area contributed by atoms with Crippen LogP contribution >= 0.6 is 11.6 Å². The lowest BCUT2D eigenvalue weighted by molar-refractivity contribution is 0.189. The zero-order chi connectivity index (χ0) is 15.4. The number of ether oxygens (including phenoxy) is 2. The van der Waals surface area contributed by atoms with E-state index in [9.17, 15) is 9.50 Å². The van der Waals surface area contributed by atoms with Gasteiger partial charge in [-0.2, -0.15) is 0 Å². The molecule has 5 heteroatoms. The Morgan fingerprint density at radius 3 is 2.67 bits per heavy atom. The first-order valence-electron chi connectivity index (χ1n) is 6.44. The van der Waals surface area contributed by atoms with Crippen molar-refractivity contribution >= 4 is 11.6 Å². The second kappa shape index (κ2) is 6.78. The van der Waals surface area contributed by atoms with Crippen molar-refractivity contribution in [2.75, 3.05) is 7.11 Å². The van der Waals surface area contributed by atoms with Crippen molar-refractivity contribution in [1.29, 1.82) is 0 Å². The van der Waals surface area contributed by atoms with Crippen molar-refractivity contribution in [3.8, 4) is 11.5 Å². The molecule has 0 aliphatic carbocycles. The third kappa shape index (κ3) is 3.65. The molecule has 0 fully saturated rings. The van der Waals surface area contributed by atoms with Gasteiger partial charge in [0.2, 0.25) is 0 Å². The molecule has 21 heavy (non-hydrogen) atoms. The Hall–Kier alpha value is -1.78. The fourth-order valence-corrected chi connectivity index (χ4v) is 2.14. The van der Waals surface area contributed by atoms with E-state index in [2.05, 4.69) is 0 Å². The van der Waals surface area contributed by atoms with Crippen LogP contribution in [0.25, 0.3) is 0 Å². The number of halogens is 2. The third-order valence-corrected chi connectivity index (χ3v) is 3.30. The standard InChI is InChI=1S/C16H16ClFO3/c1-10(19)13-8-12(17)6-7-14(13)21-9-11-4-3-5-15(20-2)16(11)18/h3-8,10,19H,9H2,1-2H3/t10-/m1/s1. The van der Waals surface area contributed by atoms with E-state index in [-0.39, 0.29) is 12.4 Å². The van der Waals surface area contributed by atoms with Gasteiger partial charge in [-0.25, -0.2) is 4.39 Å². The van der Waals surface area contributed by atoms with Crippen molar-refractivity contribution in [2.45, 2.75) is 19.6 Å². The van der Waals surface area contributed by atoms with Crippen LogP contribution in [0.2, 0.25) is 5.02 Å². The molecule has 0 unspecified atom stereocenters. The predicted octanol–water partition coefficient (Wildman–Crippen LogP) is 4.12. The van der Waals surface area contributed by atoms with E-state index >= 15 is 0 Å². The summed E-state index contributed by atoms with van der Waals surface area (Å²) in [4.78, 5) is 0. The topological polar surface area (TPSA) is 38.7 Å². The van der Waals surface area contributed by atoms with Crippen LogP contribution < -0.4 is 9.47 Å². The summed E-state index contributed by atoms with van der Waals surface area (Å²) in [6, 6.07) is 9.80. The molecule has 2 aromatic rings. The number of aliphatic hydroxyl groups is 1. The molecule has 2 aromatic carbocycles. The van der Waals surface area contributed by atoms with Gasteiger partial charge in [0.15, 0.2) is 11.6 Å². The Morgan fingerprint density at radius 2 is 2.00 bits per heavy atom. The van der Waals surface area contributed by atoms with Gasteiger partial charge in [0.1, 0.15) is 12.4 Å². The molecule has 0 saturated heterocycles. The van der Waals surface area contributed by atoms with E-state index in [1.807, 2.05) is 0 Å². The van der Waals surface area contributed by atoms with Crippen LogP contribution in [0.15, 0.2) is 36.4 Å². The highest BCUT2D eigenvalue weighted by Gasteiger charge is 2.13. The Kier molecular flexibility index (Phi) is 5.04. The number of aliphatic hydroxyl groups excluding tert-OH is 1. The molecule has 0 amide bonds. The second-order valence-electron chi connectivity index (χ2n) is 4.58. The van der Waals surface area contributed by atoms with Crippen LogP contribution in [0.4, 0.5) is 4.39 Å². The number of methoxy groups -OCH3 is 1. The van der Waals surface area contributed by atoms with Gasteiger partial charge in [0, 0.05) is 16.1 Å². The Morgan fingerprint density at radius 1 is 1.24 bits per heavy atom. The second-order valence-corrected chi connectivity index (χ2v) is 5.02. The first kappa shape index (κ1) is 15.6. The maximum Gasteiger partial charge on any atom is 0.171 e. The number of hydrogen-bond donors (Lipinski definition) is 1. The molecular formula is C16H16ClFO3. The van der Waals surface area contributed by atoms with Gasteiger partial charge < -0.3 is 14.6 Å². The summed E-state index contributed by atoms with van der Waals surface area (Å²) in [5.74, 6) is 0.187. The third-order valence-electron chi connectivity index (χ3n) is 3.07. The molecule has 1 atom stereocenters. The summed E-state index contributed by atoms with van der Waals surface area (Å²) in [5.41, 5.74) is 0.937. The predicted molar refractivity (Wildman–Crippen MR) is 79.4 cm³/mol. The van der Waals surface area contributed by atoms with Crippen LogP contribution in [0.3, 0.4) is 0 Å². The van der Waals surface area contributed by atoms with Crippen molar-refractivity contribution in [3.05, 3.63) is 58.4 Å². The van der Waals surface area contributed by atoms with Gasteiger partial charge in [0.05, 0.1) is 13.2 Å². The van der Waals surface area contributed by atoms with Gasteiger partial charge in [-0.15, -0.1) is 0 Å². The number of rotatable bonds is 5. The molecule has 0 aliphatic heterocycles. The highest BCUT2D eigenvalue weighted by atomic mass is 35.5. The van der Waals surface area contributed by atoms with Gasteiger partial charge in [-0.05, 0) is 31.2 Å². The largest absolute Gasteiger partial charge is 0.494 e. The summed E-state index contributed by atoms with van der Waals surface area (Å²) in [7, 11) is 1.41. The van der Waals surface area contributed by atoms with Crippen LogP contribution in [-0.2, 0) is 6.61 Å². The molecule has 1 N–H and O–H groups in total. The van der Waals surface area contributed by atoms with Crippen LogP contribution in [0.1, 0.15) is 24.2 Å². The van der Waals surface area contributed by atoms with Gasteiger partial charge in [-0.1, -0.05) is 23.7 Å². The van der Waals surface area contributed by atoms with E-state index in [0.717, 1.165) is 0 Å². The first-order chi connectivity index (χ1) is 10.0. The fraction of sp³-hybridized carbons (Fsp3) is 0.250. The minimum atomic E-state index is -0.728. The quantitative estimate of drug-likeness (QED) is 0.903.